The monoisotopic (exact) mass is 788 g/mol. The number of benzene rings is 8. The average Bonchev–Trinajstić information content (AvgIpc) is 4.00. The maximum atomic E-state index is 5.44. The van der Waals surface area contributed by atoms with E-state index < -0.39 is 5.41 Å². The van der Waals surface area contributed by atoms with Gasteiger partial charge in [-0.1, -0.05) is 170 Å². The summed E-state index contributed by atoms with van der Waals surface area (Å²) in [6.07, 6.45) is 0. The molecule has 3 heterocycles. The van der Waals surface area contributed by atoms with Crippen molar-refractivity contribution in [2.45, 2.75) is 5.41 Å². The van der Waals surface area contributed by atoms with Crippen molar-refractivity contribution in [3.63, 3.8) is 0 Å². The number of nitrogens with zero attached hydrogens (tertiary/aromatic N) is 4. The van der Waals surface area contributed by atoms with E-state index >= 15 is 0 Å². The minimum atomic E-state index is -0.534. The molecule has 0 radical (unpaired) electrons. The molecule has 11 aromatic rings. The van der Waals surface area contributed by atoms with Crippen LogP contribution in [0, 0.1) is 0 Å². The van der Waals surface area contributed by atoms with Gasteiger partial charge in [0.05, 0.1) is 15.6 Å². The predicted octanol–water partition coefficient (Wildman–Crippen LogP) is 13.9. The molecule has 1 aliphatic rings. The van der Waals surface area contributed by atoms with Crippen molar-refractivity contribution in [2.24, 2.45) is 0 Å². The van der Waals surface area contributed by atoms with Gasteiger partial charge in [0.2, 0.25) is 0 Å². The Kier molecular flexibility index (Phi) is 7.77. The van der Waals surface area contributed by atoms with E-state index in [2.05, 4.69) is 170 Å². The largest absolute Gasteiger partial charge is 0.236 e. The van der Waals surface area contributed by atoms with Crippen molar-refractivity contribution in [1.82, 2.24) is 19.9 Å². The first kappa shape index (κ1) is 34.0. The van der Waals surface area contributed by atoms with Gasteiger partial charge in [0, 0.05) is 42.4 Å². The second kappa shape index (κ2) is 13.5. The summed E-state index contributed by atoms with van der Waals surface area (Å²) < 4.78 is 3.59. The van der Waals surface area contributed by atoms with E-state index in [1.807, 2.05) is 24.3 Å². The first-order chi connectivity index (χ1) is 29.2. The summed E-state index contributed by atoms with van der Waals surface area (Å²) in [5.41, 5.74) is 11.8. The Morgan fingerprint density at radius 3 is 1.75 bits per heavy atom. The first-order valence-corrected chi connectivity index (χ1v) is 21.4. The van der Waals surface area contributed by atoms with Crippen LogP contribution in [-0.2, 0) is 5.41 Å². The number of hydrogen-bond donors (Lipinski definition) is 0. The first-order valence-electron chi connectivity index (χ1n) is 19.7. The Hall–Kier alpha value is -7.12. The number of thiophene rings is 1. The summed E-state index contributed by atoms with van der Waals surface area (Å²) in [6.45, 7) is 0. The lowest BCUT2D eigenvalue weighted by Gasteiger charge is -2.33. The summed E-state index contributed by atoms with van der Waals surface area (Å²) in [6, 6.07) is 69.1. The molecular formula is C53H32N4S2. The molecule has 0 saturated heterocycles. The third kappa shape index (κ3) is 5.27. The van der Waals surface area contributed by atoms with Crippen LogP contribution < -0.4 is 0 Å². The molecule has 6 heteroatoms. The molecule has 3 aromatic heterocycles. The van der Waals surface area contributed by atoms with Gasteiger partial charge < -0.3 is 0 Å². The Labute approximate surface area is 348 Å². The molecule has 4 nitrogen and oxygen atoms in total. The summed E-state index contributed by atoms with van der Waals surface area (Å²) in [7, 11) is 0. The summed E-state index contributed by atoms with van der Waals surface area (Å²) in [4.78, 5) is 21.0. The van der Waals surface area contributed by atoms with E-state index in [9.17, 15) is 0 Å². The Morgan fingerprint density at radius 1 is 0.373 bits per heavy atom. The molecule has 0 fully saturated rings. The van der Waals surface area contributed by atoms with Crippen LogP contribution in [0.15, 0.2) is 194 Å². The van der Waals surface area contributed by atoms with E-state index in [1.54, 1.807) is 22.7 Å². The highest BCUT2D eigenvalue weighted by Crippen LogP contribution is 2.58. The second-order valence-corrected chi connectivity index (χ2v) is 17.0. The third-order valence-electron chi connectivity index (χ3n) is 11.7. The standard InChI is InChI=1S/C53H32N4S2/c1-4-16-33(17-5-1)49-55-50(39-23-14-26-42-47(39)37-22-10-11-25-41(37)53(42,35-18-6-2-7-19-35)36-20-8-3-9-21-36)57-51(56-49)40-24-15-29-45-48(40)38-31-30-34(32-46(38)58-45)52-54-43-27-12-13-28-44(43)59-52/h1-32H. The van der Waals surface area contributed by atoms with Gasteiger partial charge in [-0.25, -0.2) is 19.9 Å². The number of aromatic nitrogens is 4. The van der Waals surface area contributed by atoms with E-state index in [0.717, 1.165) is 43.7 Å². The third-order valence-corrected chi connectivity index (χ3v) is 13.9. The van der Waals surface area contributed by atoms with Gasteiger partial charge >= 0.3 is 0 Å². The van der Waals surface area contributed by atoms with Crippen LogP contribution in [0.1, 0.15) is 22.3 Å². The van der Waals surface area contributed by atoms with Crippen molar-refractivity contribution >= 4 is 53.1 Å². The van der Waals surface area contributed by atoms with Gasteiger partial charge in [-0.15, -0.1) is 22.7 Å². The smallest absolute Gasteiger partial charge is 0.164 e. The highest BCUT2D eigenvalue weighted by Gasteiger charge is 2.47. The SMILES string of the molecule is c1ccc(-c2nc(-c3cccc4c3-c3ccccc3C4(c3ccccc3)c3ccccc3)nc(-c3cccc4sc5cc(-c6nc7ccccc7s6)ccc5c34)n2)cc1. The zero-order valence-electron chi connectivity index (χ0n) is 31.6. The highest BCUT2D eigenvalue weighted by atomic mass is 32.1. The fraction of sp³-hybridized carbons (Fsp3) is 0.0189. The molecule has 8 aromatic carbocycles. The Balaban J connectivity index is 1.09. The minimum Gasteiger partial charge on any atom is -0.236 e. The van der Waals surface area contributed by atoms with Gasteiger partial charge in [0.25, 0.3) is 0 Å². The summed E-state index contributed by atoms with van der Waals surface area (Å²) >= 11 is 3.53. The summed E-state index contributed by atoms with van der Waals surface area (Å²) in [5, 5.41) is 3.36. The molecule has 0 aliphatic heterocycles. The van der Waals surface area contributed by atoms with Crippen molar-refractivity contribution < 1.29 is 0 Å². The number of thiazole rings is 1. The molecule has 59 heavy (non-hydrogen) atoms. The molecule has 1 aliphatic carbocycles. The maximum absolute atomic E-state index is 5.44. The van der Waals surface area contributed by atoms with Crippen LogP contribution in [0.3, 0.4) is 0 Å². The van der Waals surface area contributed by atoms with Crippen LogP contribution in [0.2, 0.25) is 0 Å². The number of para-hydroxylation sites is 1. The normalized spacial score (nSPS) is 12.9. The van der Waals surface area contributed by atoms with Crippen LogP contribution in [-0.4, -0.2) is 19.9 Å². The zero-order chi connectivity index (χ0) is 38.9. The molecule has 0 N–H and O–H groups in total. The molecular weight excluding hydrogens is 757 g/mol. The van der Waals surface area contributed by atoms with E-state index in [1.165, 1.54) is 47.3 Å². The van der Waals surface area contributed by atoms with Gasteiger partial charge in [0.1, 0.15) is 5.01 Å². The topological polar surface area (TPSA) is 51.6 Å². The minimum absolute atomic E-state index is 0.534. The van der Waals surface area contributed by atoms with E-state index in [-0.39, 0.29) is 0 Å². The molecule has 276 valence electrons. The lowest BCUT2D eigenvalue weighted by atomic mass is 9.67. The van der Waals surface area contributed by atoms with Gasteiger partial charge in [-0.3, -0.25) is 0 Å². The Bertz CT molecular complexity index is 3320. The quantitative estimate of drug-likeness (QED) is 0.168. The Morgan fingerprint density at radius 2 is 0.966 bits per heavy atom. The molecule has 0 saturated carbocycles. The van der Waals surface area contributed by atoms with E-state index in [0.29, 0.717) is 17.5 Å². The molecule has 0 unspecified atom stereocenters. The van der Waals surface area contributed by atoms with Gasteiger partial charge in [0.15, 0.2) is 17.5 Å². The van der Waals surface area contributed by atoms with Gasteiger partial charge in [-0.05, 0) is 57.6 Å². The van der Waals surface area contributed by atoms with Crippen molar-refractivity contribution in [3.8, 4) is 55.9 Å². The fourth-order valence-corrected chi connectivity index (χ4v) is 11.3. The number of hydrogen-bond acceptors (Lipinski definition) is 6. The van der Waals surface area contributed by atoms with Crippen LogP contribution >= 0.6 is 22.7 Å². The molecule has 0 spiro atoms. The lowest BCUT2D eigenvalue weighted by molar-refractivity contribution is 0.768. The van der Waals surface area contributed by atoms with Crippen molar-refractivity contribution in [3.05, 3.63) is 216 Å². The second-order valence-electron chi connectivity index (χ2n) is 14.9. The average molecular weight is 789 g/mol. The fourth-order valence-electron chi connectivity index (χ4n) is 9.15. The molecule has 0 atom stereocenters. The number of fused-ring (bicyclic) bond motifs is 7. The van der Waals surface area contributed by atoms with Crippen LogP contribution in [0.25, 0.3) is 86.3 Å². The predicted molar refractivity (Wildman–Crippen MR) is 245 cm³/mol. The molecule has 0 amide bonds. The maximum Gasteiger partial charge on any atom is 0.164 e. The highest BCUT2D eigenvalue weighted by molar-refractivity contribution is 7.26. The lowest BCUT2D eigenvalue weighted by Crippen LogP contribution is -2.28. The summed E-state index contributed by atoms with van der Waals surface area (Å²) in [5.74, 6) is 1.93. The van der Waals surface area contributed by atoms with Crippen LogP contribution in [0.4, 0.5) is 0 Å². The zero-order valence-corrected chi connectivity index (χ0v) is 33.2. The number of rotatable bonds is 6. The van der Waals surface area contributed by atoms with Crippen molar-refractivity contribution in [1.29, 1.82) is 0 Å². The van der Waals surface area contributed by atoms with Gasteiger partial charge in [-0.2, -0.15) is 0 Å². The molecule has 12 rings (SSSR count). The molecule has 0 bridgehead atoms. The van der Waals surface area contributed by atoms with Crippen molar-refractivity contribution in [2.75, 3.05) is 0 Å². The van der Waals surface area contributed by atoms with Crippen LogP contribution in [0.5, 0.6) is 0 Å². The van der Waals surface area contributed by atoms with E-state index in [4.69, 9.17) is 19.9 Å².